The summed E-state index contributed by atoms with van der Waals surface area (Å²) in [5.41, 5.74) is 0.271. The fourth-order valence-electron chi connectivity index (χ4n) is 3.79. The van der Waals surface area contributed by atoms with E-state index < -0.39 is 5.60 Å². The van der Waals surface area contributed by atoms with Gasteiger partial charge in [-0.2, -0.15) is 0 Å². The van der Waals surface area contributed by atoms with E-state index in [4.69, 9.17) is 4.42 Å². The Morgan fingerprint density at radius 2 is 1.91 bits per heavy atom. The number of likely N-dealkylation sites (N-methyl/N-ethyl adjacent to an activating group) is 1. The van der Waals surface area contributed by atoms with Gasteiger partial charge in [-0.25, -0.2) is 9.38 Å². The quantitative estimate of drug-likeness (QED) is 0.429. The summed E-state index contributed by atoms with van der Waals surface area (Å²) in [4.78, 5) is 9.04. The van der Waals surface area contributed by atoms with Gasteiger partial charge in [0.25, 0.3) is 0 Å². The van der Waals surface area contributed by atoms with Crippen LogP contribution in [0.15, 0.2) is 39.7 Å². The molecule has 1 fully saturated rings. The molecule has 8 heteroatoms. The zero-order chi connectivity index (χ0) is 23.1. The highest BCUT2D eigenvalue weighted by atomic mass is 19.1. The maximum atomic E-state index is 14.8. The molecule has 0 bridgehead atoms. The largest absolute Gasteiger partial charge is 0.463 e. The van der Waals surface area contributed by atoms with Crippen molar-refractivity contribution in [1.82, 2.24) is 15.5 Å². The highest BCUT2D eigenvalue weighted by Crippen LogP contribution is 2.23. The van der Waals surface area contributed by atoms with Gasteiger partial charge in [0.05, 0.1) is 18.8 Å². The van der Waals surface area contributed by atoms with E-state index in [0.717, 1.165) is 44.0 Å². The lowest BCUT2D eigenvalue weighted by Crippen LogP contribution is -2.46. The average molecular weight is 446 g/mol. The lowest BCUT2D eigenvalue weighted by Gasteiger charge is -2.35. The predicted molar refractivity (Wildman–Crippen MR) is 127 cm³/mol. The number of hydrogen-bond acceptors (Lipinski definition) is 5. The van der Waals surface area contributed by atoms with Gasteiger partial charge in [0.1, 0.15) is 22.9 Å². The van der Waals surface area contributed by atoms with Gasteiger partial charge in [-0.05, 0) is 57.1 Å². The van der Waals surface area contributed by atoms with Crippen LogP contribution >= 0.6 is 0 Å². The summed E-state index contributed by atoms with van der Waals surface area (Å²) in [6.45, 7) is 13.5. The van der Waals surface area contributed by atoms with Gasteiger partial charge in [-0.1, -0.05) is 13.0 Å². The summed E-state index contributed by atoms with van der Waals surface area (Å²) in [6, 6.07) is 8.94. The molecule has 1 aliphatic heterocycles. The number of nitrogens with one attached hydrogen (secondary N) is 2. The van der Waals surface area contributed by atoms with Gasteiger partial charge in [0.15, 0.2) is 5.96 Å². The van der Waals surface area contributed by atoms with Gasteiger partial charge < -0.3 is 30.0 Å². The standard InChI is InChI=1S/C24H36FN5O2/c1-5-26-23(28-17-24(4,31)22-10-7-18(3)32-22)27-16-19-8-9-21(20(25)15-19)30-13-11-29(6-2)12-14-30/h7-10,15,31H,5-6,11-14,16-17H2,1-4H3,(H2,26,27,28). The summed E-state index contributed by atoms with van der Waals surface area (Å²) in [7, 11) is 0. The maximum absolute atomic E-state index is 14.8. The Labute approximate surface area is 190 Å². The first kappa shape index (κ1) is 24.1. The maximum Gasteiger partial charge on any atom is 0.191 e. The van der Waals surface area contributed by atoms with Crippen LogP contribution in [0.2, 0.25) is 0 Å². The van der Waals surface area contributed by atoms with Crippen LogP contribution in [0.3, 0.4) is 0 Å². The molecule has 1 aliphatic rings. The monoisotopic (exact) mass is 445 g/mol. The van der Waals surface area contributed by atoms with Crippen LogP contribution in [0.5, 0.6) is 0 Å². The minimum absolute atomic E-state index is 0.211. The Hall–Kier alpha value is -2.58. The summed E-state index contributed by atoms with van der Waals surface area (Å²) in [6.07, 6.45) is 0. The molecule has 0 saturated carbocycles. The predicted octanol–water partition coefficient (Wildman–Crippen LogP) is 2.83. The van der Waals surface area contributed by atoms with Crippen LogP contribution in [0, 0.1) is 12.7 Å². The summed E-state index contributed by atoms with van der Waals surface area (Å²) in [5.74, 6) is 1.59. The Morgan fingerprint density at radius 3 is 2.50 bits per heavy atom. The minimum atomic E-state index is -1.18. The fraction of sp³-hybridized carbons (Fsp3) is 0.542. The first-order valence-electron chi connectivity index (χ1n) is 11.4. The van der Waals surface area contributed by atoms with Crippen molar-refractivity contribution in [3.63, 3.8) is 0 Å². The molecule has 0 radical (unpaired) electrons. The molecule has 1 aromatic carbocycles. The van der Waals surface area contributed by atoms with E-state index in [9.17, 15) is 9.50 Å². The number of halogens is 1. The van der Waals surface area contributed by atoms with Crippen LogP contribution in [0.4, 0.5) is 10.1 Å². The van der Waals surface area contributed by atoms with Crippen molar-refractivity contribution < 1.29 is 13.9 Å². The molecule has 0 aliphatic carbocycles. The van der Waals surface area contributed by atoms with E-state index in [1.807, 2.05) is 32.0 Å². The number of guanidine groups is 1. The number of rotatable bonds is 8. The molecule has 1 saturated heterocycles. The molecule has 3 N–H and O–H groups in total. The van der Waals surface area contributed by atoms with Crippen molar-refractivity contribution in [2.24, 2.45) is 4.99 Å². The van der Waals surface area contributed by atoms with E-state index in [0.29, 0.717) is 30.5 Å². The van der Waals surface area contributed by atoms with Gasteiger partial charge in [-0.15, -0.1) is 0 Å². The third kappa shape index (κ3) is 6.23. The molecule has 1 unspecified atom stereocenters. The fourth-order valence-corrected chi connectivity index (χ4v) is 3.79. The Kier molecular flexibility index (Phi) is 8.15. The lowest BCUT2D eigenvalue weighted by atomic mass is 10.0. The normalized spacial score (nSPS) is 17.3. The second-order valence-corrected chi connectivity index (χ2v) is 8.44. The molecular formula is C24H36FN5O2. The van der Waals surface area contributed by atoms with Crippen molar-refractivity contribution in [2.75, 3.05) is 50.7 Å². The number of anilines is 1. The van der Waals surface area contributed by atoms with Crippen LogP contribution in [0.25, 0.3) is 0 Å². The van der Waals surface area contributed by atoms with E-state index in [1.165, 1.54) is 0 Å². The first-order valence-corrected chi connectivity index (χ1v) is 11.4. The molecule has 3 rings (SSSR count). The second kappa shape index (κ2) is 10.8. The molecule has 7 nitrogen and oxygen atoms in total. The Bertz CT molecular complexity index is 904. The molecule has 0 spiro atoms. The number of aliphatic hydroxyl groups is 1. The zero-order valence-corrected chi connectivity index (χ0v) is 19.6. The second-order valence-electron chi connectivity index (χ2n) is 8.44. The highest BCUT2D eigenvalue weighted by molar-refractivity contribution is 5.79. The van der Waals surface area contributed by atoms with Gasteiger partial charge in [0.2, 0.25) is 0 Å². The van der Waals surface area contributed by atoms with Crippen molar-refractivity contribution in [1.29, 1.82) is 0 Å². The number of aliphatic imine (C=N–C) groups is 1. The number of nitrogens with zero attached hydrogens (tertiary/aromatic N) is 3. The SMILES string of the molecule is CCNC(=NCc1ccc(N2CCN(CC)CC2)c(F)c1)NCC(C)(O)c1ccc(C)o1. The molecular weight excluding hydrogens is 409 g/mol. The first-order chi connectivity index (χ1) is 15.3. The summed E-state index contributed by atoms with van der Waals surface area (Å²) >= 11 is 0. The van der Waals surface area contributed by atoms with Crippen LogP contribution in [-0.2, 0) is 12.1 Å². The van der Waals surface area contributed by atoms with Crippen molar-refractivity contribution in [3.05, 3.63) is 53.2 Å². The lowest BCUT2D eigenvalue weighted by molar-refractivity contribution is 0.0378. The Morgan fingerprint density at radius 1 is 1.16 bits per heavy atom. The molecule has 176 valence electrons. The van der Waals surface area contributed by atoms with Crippen molar-refractivity contribution in [2.45, 2.75) is 39.8 Å². The minimum Gasteiger partial charge on any atom is -0.463 e. The smallest absolute Gasteiger partial charge is 0.191 e. The number of furan rings is 1. The number of aryl methyl sites for hydroxylation is 1. The van der Waals surface area contributed by atoms with Crippen LogP contribution in [-0.4, -0.2) is 61.8 Å². The Balaban J connectivity index is 1.61. The molecule has 1 aromatic heterocycles. The third-order valence-electron chi connectivity index (χ3n) is 5.81. The van der Waals surface area contributed by atoms with E-state index in [-0.39, 0.29) is 12.4 Å². The summed E-state index contributed by atoms with van der Waals surface area (Å²) in [5, 5.41) is 17.0. The molecule has 2 aromatic rings. The summed E-state index contributed by atoms with van der Waals surface area (Å²) < 4.78 is 20.4. The van der Waals surface area contributed by atoms with Gasteiger partial charge in [-0.3, -0.25) is 0 Å². The number of piperazine rings is 1. The van der Waals surface area contributed by atoms with Crippen molar-refractivity contribution >= 4 is 11.6 Å². The van der Waals surface area contributed by atoms with E-state index in [2.05, 4.69) is 32.3 Å². The topological polar surface area (TPSA) is 76.3 Å². The van der Waals surface area contributed by atoms with Crippen molar-refractivity contribution in [3.8, 4) is 0 Å². The van der Waals surface area contributed by atoms with Crippen LogP contribution in [0.1, 0.15) is 37.9 Å². The number of hydrogen-bond donors (Lipinski definition) is 3. The zero-order valence-electron chi connectivity index (χ0n) is 19.6. The molecule has 0 amide bonds. The van der Waals surface area contributed by atoms with Gasteiger partial charge >= 0.3 is 0 Å². The molecule has 32 heavy (non-hydrogen) atoms. The number of benzene rings is 1. The molecule has 2 heterocycles. The van der Waals surface area contributed by atoms with E-state index in [1.54, 1.807) is 19.1 Å². The van der Waals surface area contributed by atoms with E-state index >= 15 is 0 Å². The highest BCUT2D eigenvalue weighted by Gasteiger charge is 2.27. The van der Waals surface area contributed by atoms with Gasteiger partial charge in [0, 0.05) is 32.7 Å². The van der Waals surface area contributed by atoms with Crippen LogP contribution < -0.4 is 15.5 Å². The molecule has 1 atom stereocenters. The average Bonchev–Trinajstić information content (AvgIpc) is 3.23. The third-order valence-corrected chi connectivity index (χ3v) is 5.81.